The fourth-order valence-electron chi connectivity index (χ4n) is 2.58. The standard InChI is InChI=1S/C17H19N5O3S/c1-2-3-5-15-16(6-4-7-17(15)26(18,23)24)25-14-10-8-13(9-11-14)22-12-19-20-21-22/h4,6-12H,2-3,5H2,1H3,(H2,18,23,24). The van der Waals surface area contributed by atoms with Crippen LogP contribution in [0.25, 0.3) is 5.69 Å². The van der Waals surface area contributed by atoms with Gasteiger partial charge in [-0.25, -0.2) is 18.2 Å². The number of nitrogens with two attached hydrogens (primary N) is 1. The van der Waals surface area contributed by atoms with Crippen molar-refractivity contribution in [1.29, 1.82) is 0 Å². The Morgan fingerprint density at radius 3 is 2.54 bits per heavy atom. The molecule has 0 atom stereocenters. The number of unbranched alkanes of at least 4 members (excludes halogenated alkanes) is 1. The van der Waals surface area contributed by atoms with E-state index in [1.807, 2.05) is 6.92 Å². The van der Waals surface area contributed by atoms with E-state index in [4.69, 9.17) is 9.88 Å². The minimum atomic E-state index is -3.82. The second kappa shape index (κ2) is 7.63. The summed E-state index contributed by atoms with van der Waals surface area (Å²) in [5.74, 6) is 1.06. The van der Waals surface area contributed by atoms with Crippen LogP contribution in [0.2, 0.25) is 0 Å². The average Bonchev–Trinajstić information content (AvgIpc) is 3.15. The molecule has 0 aliphatic rings. The van der Waals surface area contributed by atoms with Gasteiger partial charge in [0.25, 0.3) is 0 Å². The van der Waals surface area contributed by atoms with Crippen LogP contribution in [0.5, 0.6) is 11.5 Å². The summed E-state index contributed by atoms with van der Waals surface area (Å²) in [6, 6.07) is 12.0. The molecule has 0 fully saturated rings. The zero-order valence-electron chi connectivity index (χ0n) is 14.2. The molecule has 0 spiro atoms. The summed E-state index contributed by atoms with van der Waals surface area (Å²) in [6.45, 7) is 2.04. The first-order valence-electron chi connectivity index (χ1n) is 8.15. The third kappa shape index (κ3) is 4.06. The van der Waals surface area contributed by atoms with Gasteiger partial charge in [0.05, 0.1) is 10.6 Å². The highest BCUT2D eigenvalue weighted by molar-refractivity contribution is 7.89. The minimum absolute atomic E-state index is 0.105. The molecular weight excluding hydrogens is 354 g/mol. The van der Waals surface area contributed by atoms with Crippen molar-refractivity contribution in [2.24, 2.45) is 5.14 Å². The number of nitrogens with zero attached hydrogens (tertiary/aromatic N) is 4. The van der Waals surface area contributed by atoms with Gasteiger partial charge in [-0.15, -0.1) is 5.10 Å². The summed E-state index contributed by atoms with van der Waals surface area (Å²) in [5.41, 5.74) is 1.38. The van der Waals surface area contributed by atoms with E-state index in [1.165, 1.54) is 17.1 Å². The zero-order valence-corrected chi connectivity index (χ0v) is 15.1. The van der Waals surface area contributed by atoms with Crippen LogP contribution in [-0.4, -0.2) is 28.6 Å². The number of primary sulfonamides is 1. The molecule has 0 bridgehead atoms. The molecule has 1 heterocycles. The molecule has 3 aromatic rings. The Labute approximate surface area is 151 Å². The van der Waals surface area contributed by atoms with Crippen molar-refractivity contribution in [3.63, 3.8) is 0 Å². The Hall–Kier alpha value is -2.78. The monoisotopic (exact) mass is 373 g/mol. The van der Waals surface area contributed by atoms with Crippen molar-refractivity contribution < 1.29 is 13.2 Å². The number of tetrazole rings is 1. The van der Waals surface area contributed by atoms with Crippen molar-refractivity contribution in [3.05, 3.63) is 54.4 Å². The number of aromatic nitrogens is 4. The van der Waals surface area contributed by atoms with Crippen LogP contribution >= 0.6 is 0 Å². The summed E-state index contributed by atoms with van der Waals surface area (Å²) in [5, 5.41) is 16.4. The minimum Gasteiger partial charge on any atom is -0.457 e. The van der Waals surface area contributed by atoms with Gasteiger partial charge in [-0.1, -0.05) is 19.4 Å². The van der Waals surface area contributed by atoms with Crippen LogP contribution in [0, 0.1) is 0 Å². The molecular formula is C17H19N5O3S. The second-order valence-corrected chi connectivity index (χ2v) is 7.26. The normalized spacial score (nSPS) is 11.5. The highest BCUT2D eigenvalue weighted by Crippen LogP contribution is 2.31. The second-order valence-electron chi connectivity index (χ2n) is 5.73. The summed E-state index contributed by atoms with van der Waals surface area (Å²) >= 11 is 0. The van der Waals surface area contributed by atoms with Gasteiger partial charge in [0.2, 0.25) is 10.0 Å². The van der Waals surface area contributed by atoms with E-state index >= 15 is 0 Å². The molecule has 3 rings (SSSR count). The number of hydrogen-bond donors (Lipinski definition) is 1. The highest BCUT2D eigenvalue weighted by atomic mass is 32.2. The molecule has 2 N–H and O–H groups in total. The Balaban J connectivity index is 1.91. The van der Waals surface area contributed by atoms with Gasteiger partial charge < -0.3 is 4.74 Å². The number of benzene rings is 2. The van der Waals surface area contributed by atoms with Crippen molar-refractivity contribution >= 4 is 10.0 Å². The molecule has 9 heteroatoms. The largest absolute Gasteiger partial charge is 0.457 e. The van der Waals surface area contributed by atoms with Crippen LogP contribution in [0.3, 0.4) is 0 Å². The van der Waals surface area contributed by atoms with Crippen molar-refractivity contribution in [3.8, 4) is 17.2 Å². The Morgan fingerprint density at radius 1 is 1.15 bits per heavy atom. The summed E-state index contributed by atoms with van der Waals surface area (Å²) in [7, 11) is -3.82. The van der Waals surface area contributed by atoms with Gasteiger partial charge in [0.1, 0.15) is 17.8 Å². The molecule has 0 aliphatic heterocycles. The van der Waals surface area contributed by atoms with Crippen LogP contribution in [0.15, 0.2) is 53.7 Å². The maximum Gasteiger partial charge on any atom is 0.238 e. The van der Waals surface area contributed by atoms with E-state index in [-0.39, 0.29) is 4.90 Å². The predicted molar refractivity (Wildman–Crippen MR) is 95.7 cm³/mol. The van der Waals surface area contributed by atoms with Crippen molar-refractivity contribution in [2.45, 2.75) is 31.1 Å². The van der Waals surface area contributed by atoms with Crippen molar-refractivity contribution in [2.75, 3.05) is 0 Å². The quantitative estimate of drug-likeness (QED) is 0.680. The molecule has 0 saturated heterocycles. The molecule has 136 valence electrons. The number of ether oxygens (including phenoxy) is 1. The fraction of sp³-hybridized carbons (Fsp3) is 0.235. The lowest BCUT2D eigenvalue weighted by Crippen LogP contribution is -2.15. The van der Waals surface area contributed by atoms with Crippen LogP contribution < -0.4 is 9.88 Å². The fourth-order valence-corrected chi connectivity index (χ4v) is 3.40. The van der Waals surface area contributed by atoms with Gasteiger partial charge in [-0.05, 0) is 59.7 Å². The van der Waals surface area contributed by atoms with Crippen molar-refractivity contribution in [1.82, 2.24) is 20.2 Å². The Kier molecular flexibility index (Phi) is 5.29. The predicted octanol–water partition coefficient (Wildman–Crippen LogP) is 2.44. The molecule has 0 aliphatic carbocycles. The molecule has 1 aromatic heterocycles. The molecule has 0 radical (unpaired) electrons. The van der Waals surface area contributed by atoms with Crippen LogP contribution in [-0.2, 0) is 16.4 Å². The lowest BCUT2D eigenvalue weighted by molar-refractivity contribution is 0.471. The highest BCUT2D eigenvalue weighted by Gasteiger charge is 2.18. The van der Waals surface area contributed by atoms with Gasteiger partial charge in [0.15, 0.2) is 0 Å². The van der Waals surface area contributed by atoms with Gasteiger partial charge in [-0.2, -0.15) is 0 Å². The van der Waals surface area contributed by atoms with Crippen LogP contribution in [0.4, 0.5) is 0 Å². The molecule has 26 heavy (non-hydrogen) atoms. The maximum atomic E-state index is 11.9. The average molecular weight is 373 g/mol. The lowest BCUT2D eigenvalue weighted by Gasteiger charge is -2.14. The first-order chi connectivity index (χ1) is 12.5. The van der Waals surface area contributed by atoms with Gasteiger partial charge >= 0.3 is 0 Å². The third-order valence-electron chi connectivity index (χ3n) is 3.86. The van der Waals surface area contributed by atoms with Crippen LogP contribution in [0.1, 0.15) is 25.3 Å². The Morgan fingerprint density at radius 2 is 1.92 bits per heavy atom. The van der Waals surface area contributed by atoms with Gasteiger partial charge in [-0.3, -0.25) is 0 Å². The molecule has 0 saturated carbocycles. The smallest absolute Gasteiger partial charge is 0.238 e. The molecule has 8 nitrogen and oxygen atoms in total. The number of hydrogen-bond acceptors (Lipinski definition) is 6. The lowest BCUT2D eigenvalue weighted by atomic mass is 10.1. The number of sulfonamides is 1. The topological polar surface area (TPSA) is 113 Å². The maximum absolute atomic E-state index is 11.9. The Bertz CT molecular complexity index is 970. The molecule has 0 unspecified atom stereocenters. The molecule has 0 amide bonds. The van der Waals surface area contributed by atoms with E-state index in [0.717, 1.165) is 18.5 Å². The van der Waals surface area contributed by atoms with E-state index in [2.05, 4.69) is 15.5 Å². The SMILES string of the molecule is CCCCc1c(Oc2ccc(-n3cnnn3)cc2)cccc1S(N)(=O)=O. The van der Waals surface area contributed by atoms with E-state index in [0.29, 0.717) is 23.5 Å². The zero-order chi connectivity index (χ0) is 18.6. The number of rotatable bonds is 7. The van der Waals surface area contributed by atoms with E-state index < -0.39 is 10.0 Å². The molecule has 2 aromatic carbocycles. The summed E-state index contributed by atoms with van der Waals surface area (Å²) < 4.78 is 31.3. The van der Waals surface area contributed by atoms with E-state index in [1.54, 1.807) is 36.4 Å². The third-order valence-corrected chi connectivity index (χ3v) is 4.85. The van der Waals surface area contributed by atoms with Gasteiger partial charge in [0, 0.05) is 5.56 Å². The summed E-state index contributed by atoms with van der Waals surface area (Å²) in [6.07, 6.45) is 3.83. The first-order valence-corrected chi connectivity index (χ1v) is 9.69. The summed E-state index contributed by atoms with van der Waals surface area (Å²) in [4.78, 5) is 0.105. The first kappa shape index (κ1) is 18.0. The van der Waals surface area contributed by atoms with E-state index in [9.17, 15) is 8.42 Å².